The van der Waals surface area contributed by atoms with Gasteiger partial charge in [-0.15, -0.1) is 0 Å². The maximum Gasteiger partial charge on any atom is 0.123 e. The maximum absolute atomic E-state index is 9.45. The topological polar surface area (TPSA) is 61.3 Å². The first-order valence-electron chi connectivity index (χ1n) is 15.8. The number of hydrogen-bond donors (Lipinski definition) is 2. The first-order chi connectivity index (χ1) is 20.5. The molecule has 0 bridgehead atoms. The molecule has 2 aliphatic rings. The van der Waals surface area contributed by atoms with E-state index < -0.39 is 0 Å². The molecule has 0 unspecified atom stereocenters. The highest BCUT2D eigenvalue weighted by Crippen LogP contribution is 2.27. The number of aromatic nitrogens is 1. The molecule has 2 aromatic carbocycles. The zero-order valence-electron chi connectivity index (χ0n) is 27.0. The molecule has 3 aromatic rings. The van der Waals surface area contributed by atoms with E-state index in [-0.39, 0.29) is 10.8 Å². The fourth-order valence-electron chi connectivity index (χ4n) is 5.70. The summed E-state index contributed by atoms with van der Waals surface area (Å²) in [5.41, 5.74) is 7.34. The van der Waals surface area contributed by atoms with E-state index in [4.69, 9.17) is 12.2 Å². The Bertz CT molecular complexity index is 1400. The third-order valence-electron chi connectivity index (χ3n) is 8.42. The van der Waals surface area contributed by atoms with Crippen LogP contribution >= 0.6 is 12.2 Å². The van der Waals surface area contributed by atoms with E-state index in [9.17, 15) is 5.26 Å². The lowest BCUT2D eigenvalue weighted by molar-refractivity contribution is 0.590. The normalized spacial score (nSPS) is 16.4. The fourth-order valence-corrected chi connectivity index (χ4v) is 5.92. The number of nitriles is 1. The number of H-pyrrole nitrogens is 1. The van der Waals surface area contributed by atoms with E-state index >= 15 is 0 Å². The van der Waals surface area contributed by atoms with Gasteiger partial charge in [0.25, 0.3) is 0 Å². The Kier molecular flexibility index (Phi) is 10.9. The molecule has 5 rings (SSSR count). The Morgan fingerprint density at radius 1 is 0.651 bits per heavy atom. The quantitative estimate of drug-likeness (QED) is 0.306. The highest BCUT2D eigenvalue weighted by molar-refractivity contribution is 7.71. The van der Waals surface area contributed by atoms with Gasteiger partial charge in [-0.05, 0) is 71.7 Å². The summed E-state index contributed by atoms with van der Waals surface area (Å²) in [6.07, 6.45) is 4.12. The van der Waals surface area contributed by atoms with Crippen molar-refractivity contribution in [1.82, 2.24) is 10.3 Å². The van der Waals surface area contributed by atoms with E-state index in [0.29, 0.717) is 10.2 Å². The van der Waals surface area contributed by atoms with Gasteiger partial charge < -0.3 is 25.0 Å². The van der Waals surface area contributed by atoms with Crippen LogP contribution in [0.2, 0.25) is 0 Å². The first-order valence-corrected chi connectivity index (χ1v) is 16.2. The van der Waals surface area contributed by atoms with Gasteiger partial charge in [0.1, 0.15) is 16.3 Å². The number of aromatic amines is 1. The van der Waals surface area contributed by atoms with Crippen molar-refractivity contribution >= 4 is 29.3 Å². The average Bonchev–Trinajstić information content (AvgIpc) is 3.41. The van der Waals surface area contributed by atoms with Crippen molar-refractivity contribution in [1.29, 1.82) is 5.26 Å². The molecule has 0 amide bonds. The summed E-state index contributed by atoms with van der Waals surface area (Å²) in [6.45, 7) is 21.8. The zero-order chi connectivity index (χ0) is 31.0. The van der Waals surface area contributed by atoms with Crippen LogP contribution in [0.3, 0.4) is 0 Å². The standard InChI is InChI=1S/C21H26N4S.C15H24N2/c1-21(2,3)16-5-7-17(8-6-16)24-11-4-12-25(14-13-24)19-9-10-23-20(26)18(19)15-22;1-15(2,3)13-5-7-14(8-6-13)17-11-4-9-16-10-12-17/h5-10H,4,11-14H2,1-3H3,(H,23,26);5-8,16H,4,9-12H2,1-3H3. The Labute approximate surface area is 264 Å². The van der Waals surface area contributed by atoms with Gasteiger partial charge in [0.05, 0.1) is 5.69 Å². The van der Waals surface area contributed by atoms with Crippen LogP contribution < -0.4 is 20.0 Å². The second kappa shape index (κ2) is 14.4. The van der Waals surface area contributed by atoms with Gasteiger partial charge in [-0.3, -0.25) is 0 Å². The number of pyridine rings is 1. The third kappa shape index (κ3) is 8.84. The van der Waals surface area contributed by atoms with Crippen molar-refractivity contribution in [2.45, 2.75) is 65.2 Å². The maximum atomic E-state index is 9.45. The largest absolute Gasteiger partial charge is 0.370 e. The molecule has 6 nitrogen and oxygen atoms in total. The summed E-state index contributed by atoms with van der Waals surface area (Å²) < 4.78 is 0.517. The summed E-state index contributed by atoms with van der Waals surface area (Å²) in [4.78, 5) is 10.1. The monoisotopic (exact) mass is 598 g/mol. The summed E-state index contributed by atoms with van der Waals surface area (Å²) >= 11 is 5.27. The summed E-state index contributed by atoms with van der Waals surface area (Å²) in [6, 6.07) is 22.2. The predicted molar refractivity (Wildman–Crippen MR) is 185 cm³/mol. The molecule has 0 aliphatic carbocycles. The summed E-state index contributed by atoms with van der Waals surface area (Å²) in [5.74, 6) is 0. The second-order valence-corrected chi connectivity index (χ2v) is 14.1. The molecule has 43 heavy (non-hydrogen) atoms. The smallest absolute Gasteiger partial charge is 0.123 e. The van der Waals surface area contributed by atoms with Crippen LogP contribution in [0.5, 0.6) is 0 Å². The molecule has 2 fully saturated rings. The SMILES string of the molecule is CC(C)(C)c1ccc(N2CCCN(c3cc[nH]c(=S)c3C#N)CC2)cc1.CC(C)(C)c1ccc(N2CCCNCC2)cc1. The summed E-state index contributed by atoms with van der Waals surface area (Å²) in [7, 11) is 0. The highest BCUT2D eigenvalue weighted by atomic mass is 32.1. The van der Waals surface area contributed by atoms with Crippen molar-refractivity contribution in [3.63, 3.8) is 0 Å². The molecular formula is C36H50N6S. The Balaban J connectivity index is 0.000000215. The molecule has 7 heteroatoms. The number of rotatable bonds is 3. The minimum absolute atomic E-state index is 0.175. The molecule has 0 atom stereocenters. The Hall–Kier alpha value is -3.34. The van der Waals surface area contributed by atoms with Crippen LogP contribution in [0.25, 0.3) is 0 Å². The van der Waals surface area contributed by atoms with E-state index in [0.717, 1.165) is 57.9 Å². The van der Waals surface area contributed by atoms with Crippen LogP contribution in [0, 0.1) is 16.0 Å². The molecule has 0 spiro atoms. The molecule has 0 saturated carbocycles. The minimum Gasteiger partial charge on any atom is -0.370 e. The number of benzene rings is 2. The number of nitrogens with zero attached hydrogens (tertiary/aromatic N) is 4. The predicted octanol–water partition coefficient (Wildman–Crippen LogP) is 7.41. The minimum atomic E-state index is 0.175. The molecule has 2 saturated heterocycles. The lowest BCUT2D eigenvalue weighted by Gasteiger charge is -2.26. The Morgan fingerprint density at radius 3 is 1.72 bits per heavy atom. The van der Waals surface area contributed by atoms with Crippen LogP contribution in [-0.4, -0.2) is 57.3 Å². The Morgan fingerprint density at radius 2 is 1.16 bits per heavy atom. The van der Waals surface area contributed by atoms with Gasteiger partial charge in [0.15, 0.2) is 0 Å². The lowest BCUT2D eigenvalue weighted by Crippen LogP contribution is -2.31. The molecule has 0 radical (unpaired) electrons. The first kappa shape index (κ1) is 32.6. The van der Waals surface area contributed by atoms with Crippen LogP contribution in [0.15, 0.2) is 60.8 Å². The van der Waals surface area contributed by atoms with Crippen molar-refractivity contribution in [3.8, 4) is 6.07 Å². The van der Waals surface area contributed by atoms with Gasteiger partial charge in [0, 0.05) is 63.4 Å². The molecule has 2 aliphatic heterocycles. The average molecular weight is 599 g/mol. The van der Waals surface area contributed by atoms with E-state index in [1.54, 1.807) is 0 Å². The number of anilines is 3. The lowest BCUT2D eigenvalue weighted by atomic mass is 9.87. The zero-order valence-corrected chi connectivity index (χ0v) is 27.9. The second-order valence-electron chi connectivity index (χ2n) is 13.7. The van der Waals surface area contributed by atoms with Crippen molar-refractivity contribution < 1.29 is 0 Å². The van der Waals surface area contributed by atoms with E-state index in [1.165, 1.54) is 35.5 Å². The molecule has 1 aromatic heterocycles. The van der Waals surface area contributed by atoms with Gasteiger partial charge >= 0.3 is 0 Å². The molecular weight excluding hydrogens is 549 g/mol. The summed E-state index contributed by atoms with van der Waals surface area (Å²) in [5, 5.41) is 12.9. The molecule has 2 N–H and O–H groups in total. The van der Waals surface area contributed by atoms with Crippen molar-refractivity contribution in [3.05, 3.63) is 82.1 Å². The van der Waals surface area contributed by atoms with Crippen LogP contribution in [0.1, 0.15) is 71.1 Å². The number of hydrogen-bond acceptors (Lipinski definition) is 6. The van der Waals surface area contributed by atoms with Gasteiger partial charge in [-0.1, -0.05) is 78.0 Å². The molecule has 230 valence electrons. The van der Waals surface area contributed by atoms with E-state index in [1.807, 2.05) is 12.3 Å². The van der Waals surface area contributed by atoms with Gasteiger partial charge in [-0.2, -0.15) is 5.26 Å². The molecule has 3 heterocycles. The highest BCUT2D eigenvalue weighted by Gasteiger charge is 2.20. The van der Waals surface area contributed by atoms with Crippen LogP contribution in [-0.2, 0) is 10.8 Å². The van der Waals surface area contributed by atoms with Crippen molar-refractivity contribution in [2.24, 2.45) is 0 Å². The van der Waals surface area contributed by atoms with Gasteiger partial charge in [0.2, 0.25) is 0 Å². The third-order valence-corrected chi connectivity index (χ3v) is 8.75. The van der Waals surface area contributed by atoms with E-state index in [2.05, 4.69) is 121 Å². The number of nitrogens with one attached hydrogen (secondary N) is 2. The van der Waals surface area contributed by atoms with Crippen molar-refractivity contribution in [2.75, 3.05) is 67.1 Å². The van der Waals surface area contributed by atoms with Crippen LogP contribution in [0.4, 0.5) is 17.1 Å². The van der Waals surface area contributed by atoms with Gasteiger partial charge in [-0.25, -0.2) is 0 Å². The fraction of sp³-hybridized carbons (Fsp3) is 0.500.